The summed E-state index contributed by atoms with van der Waals surface area (Å²) >= 11 is 0. The number of carbonyl (C=O) groups excluding carboxylic acids is 1. The predicted octanol–water partition coefficient (Wildman–Crippen LogP) is 3.28. The molecule has 0 atom stereocenters. The van der Waals surface area contributed by atoms with E-state index in [1.807, 2.05) is 51.1 Å². The largest absolute Gasteiger partial charge is 0.440 e. The lowest BCUT2D eigenvalue weighted by atomic mass is 10.1. The second-order valence-electron chi connectivity index (χ2n) is 6.15. The Labute approximate surface area is 155 Å². The van der Waals surface area contributed by atoms with Gasteiger partial charge >= 0.3 is 0 Å². The fraction of sp³-hybridized carbons (Fsp3) is 0.412. The summed E-state index contributed by atoms with van der Waals surface area (Å²) in [5.74, 6) is 1.30. The molecule has 0 bridgehead atoms. The van der Waals surface area contributed by atoms with Crippen LogP contribution in [0, 0.1) is 6.92 Å². The number of amides is 1. The lowest BCUT2D eigenvalue weighted by molar-refractivity contribution is -0.121. The molecule has 24 heavy (non-hydrogen) atoms. The van der Waals surface area contributed by atoms with E-state index in [1.54, 1.807) is 0 Å². The van der Waals surface area contributed by atoms with Crippen LogP contribution < -0.4 is 11.1 Å². The summed E-state index contributed by atoms with van der Waals surface area (Å²) in [4.78, 5) is 16.2. The number of hydrogen-bond donors (Lipinski definition) is 2. The van der Waals surface area contributed by atoms with E-state index >= 15 is 0 Å². The molecule has 5 nitrogen and oxygen atoms in total. The Hall–Kier alpha value is -1.56. The van der Waals surface area contributed by atoms with Crippen LogP contribution in [-0.2, 0) is 11.2 Å². The number of rotatable bonds is 6. The monoisotopic (exact) mass is 373 g/mol. The highest BCUT2D eigenvalue weighted by molar-refractivity contribution is 5.85. The van der Waals surface area contributed by atoms with Gasteiger partial charge < -0.3 is 15.5 Å². The van der Waals surface area contributed by atoms with Crippen molar-refractivity contribution in [3.8, 4) is 11.3 Å². The highest BCUT2D eigenvalue weighted by Crippen LogP contribution is 2.24. The van der Waals surface area contributed by atoms with E-state index < -0.39 is 5.54 Å². The zero-order valence-electron chi connectivity index (χ0n) is 14.2. The summed E-state index contributed by atoms with van der Waals surface area (Å²) < 4.78 is 5.78. The summed E-state index contributed by atoms with van der Waals surface area (Å²) in [5.41, 5.74) is 7.26. The molecule has 1 heterocycles. The number of carbonyl (C=O) groups is 1. The second kappa shape index (κ2) is 9.67. The maximum absolute atomic E-state index is 11.8. The molecule has 2 aromatic rings. The molecule has 0 aliphatic heterocycles. The highest BCUT2D eigenvalue weighted by Gasteiger charge is 2.15. The van der Waals surface area contributed by atoms with E-state index in [1.165, 1.54) is 0 Å². The third-order valence-corrected chi connectivity index (χ3v) is 3.18. The van der Waals surface area contributed by atoms with Gasteiger partial charge in [0.15, 0.2) is 11.7 Å². The van der Waals surface area contributed by atoms with Gasteiger partial charge in [-0.25, -0.2) is 4.98 Å². The zero-order valence-corrected chi connectivity index (χ0v) is 15.8. The first-order valence-electron chi connectivity index (χ1n) is 7.42. The Kier molecular flexibility index (Phi) is 9.04. The molecule has 3 N–H and O–H groups in total. The molecule has 1 amide bonds. The molecule has 0 radical (unpaired) electrons. The Morgan fingerprint density at radius 3 is 2.46 bits per heavy atom. The van der Waals surface area contributed by atoms with Crippen LogP contribution in [0.25, 0.3) is 11.3 Å². The molecule has 0 unspecified atom stereocenters. The van der Waals surface area contributed by atoms with Crippen LogP contribution in [0.1, 0.15) is 31.9 Å². The van der Waals surface area contributed by atoms with Crippen molar-refractivity contribution in [2.45, 2.75) is 39.2 Å². The van der Waals surface area contributed by atoms with Crippen molar-refractivity contribution >= 4 is 30.7 Å². The molecule has 7 heteroatoms. The van der Waals surface area contributed by atoms with Gasteiger partial charge in [-0.15, -0.1) is 24.8 Å². The van der Waals surface area contributed by atoms with Gasteiger partial charge in [-0.1, -0.05) is 30.3 Å². The minimum Gasteiger partial charge on any atom is -0.440 e. The summed E-state index contributed by atoms with van der Waals surface area (Å²) in [6.07, 6.45) is 0.814. The Bertz CT molecular complexity index is 637. The smallest absolute Gasteiger partial charge is 0.220 e. The van der Waals surface area contributed by atoms with Crippen molar-refractivity contribution in [3.63, 3.8) is 0 Å². The van der Waals surface area contributed by atoms with Crippen molar-refractivity contribution < 1.29 is 9.21 Å². The van der Waals surface area contributed by atoms with E-state index in [2.05, 4.69) is 10.3 Å². The lowest BCUT2D eigenvalue weighted by Crippen LogP contribution is -2.45. The first-order valence-corrected chi connectivity index (χ1v) is 7.42. The predicted molar refractivity (Wildman–Crippen MR) is 101 cm³/mol. The molecule has 0 spiro atoms. The van der Waals surface area contributed by atoms with E-state index in [4.69, 9.17) is 10.2 Å². The Balaban J connectivity index is 0.00000264. The number of halogens is 2. The standard InChI is InChI=1S/C17H23N3O2.2ClH/c1-12-16(13-7-5-4-6-8-13)22-15(20-12)10-9-14(21)19-11-17(2,3)18;;/h4-8H,9-11,18H2,1-3H3,(H,19,21);2*1H. The van der Waals surface area contributed by atoms with Gasteiger partial charge in [-0.2, -0.15) is 0 Å². The molecule has 0 aliphatic carbocycles. The third-order valence-electron chi connectivity index (χ3n) is 3.18. The lowest BCUT2D eigenvalue weighted by Gasteiger charge is -2.18. The van der Waals surface area contributed by atoms with Crippen molar-refractivity contribution in [1.29, 1.82) is 0 Å². The topological polar surface area (TPSA) is 81.2 Å². The molecule has 0 fully saturated rings. The number of oxazole rings is 1. The third kappa shape index (κ3) is 6.91. The molecule has 0 saturated heterocycles. The first-order chi connectivity index (χ1) is 10.3. The molecular formula is C17H25Cl2N3O2. The van der Waals surface area contributed by atoms with E-state index in [9.17, 15) is 4.79 Å². The Morgan fingerprint density at radius 1 is 1.25 bits per heavy atom. The maximum atomic E-state index is 11.8. The first kappa shape index (κ1) is 22.4. The van der Waals surface area contributed by atoms with Gasteiger partial charge in [0.25, 0.3) is 0 Å². The number of benzene rings is 1. The van der Waals surface area contributed by atoms with Crippen LogP contribution >= 0.6 is 24.8 Å². The number of aromatic nitrogens is 1. The minimum atomic E-state index is -0.407. The highest BCUT2D eigenvalue weighted by atomic mass is 35.5. The number of nitrogens with one attached hydrogen (secondary N) is 1. The van der Waals surface area contributed by atoms with Crippen molar-refractivity contribution in [2.24, 2.45) is 5.73 Å². The van der Waals surface area contributed by atoms with Crippen LogP contribution in [0.4, 0.5) is 0 Å². The van der Waals surface area contributed by atoms with Gasteiger partial charge in [0, 0.05) is 30.5 Å². The molecule has 1 aromatic carbocycles. The Morgan fingerprint density at radius 2 is 1.88 bits per heavy atom. The molecule has 134 valence electrons. The van der Waals surface area contributed by atoms with Crippen molar-refractivity contribution in [1.82, 2.24) is 10.3 Å². The second-order valence-corrected chi connectivity index (χ2v) is 6.15. The van der Waals surface area contributed by atoms with Gasteiger partial charge in [-0.3, -0.25) is 4.79 Å². The number of aryl methyl sites for hydroxylation is 2. The fourth-order valence-corrected chi connectivity index (χ4v) is 2.05. The van der Waals surface area contributed by atoms with Crippen LogP contribution in [-0.4, -0.2) is 23.0 Å². The molecule has 1 aromatic heterocycles. The van der Waals surface area contributed by atoms with E-state index in [0.717, 1.165) is 17.0 Å². The number of hydrogen-bond acceptors (Lipinski definition) is 4. The number of nitrogens with zero attached hydrogens (tertiary/aromatic N) is 1. The van der Waals surface area contributed by atoms with Gasteiger partial charge in [-0.05, 0) is 20.8 Å². The van der Waals surface area contributed by atoms with E-state index in [0.29, 0.717) is 25.3 Å². The quantitative estimate of drug-likeness (QED) is 0.813. The average molecular weight is 374 g/mol. The molecule has 0 saturated carbocycles. The molecular weight excluding hydrogens is 349 g/mol. The summed E-state index contributed by atoms with van der Waals surface area (Å²) in [6.45, 7) is 6.10. The number of nitrogens with two attached hydrogens (primary N) is 1. The maximum Gasteiger partial charge on any atom is 0.220 e. The van der Waals surface area contributed by atoms with Gasteiger partial charge in [0.05, 0.1) is 5.69 Å². The normalized spacial score (nSPS) is 10.5. The summed E-state index contributed by atoms with van der Waals surface area (Å²) in [6, 6.07) is 9.83. The fourth-order valence-electron chi connectivity index (χ4n) is 2.05. The van der Waals surface area contributed by atoms with Gasteiger partial charge in [0.2, 0.25) is 5.91 Å². The zero-order chi connectivity index (χ0) is 16.2. The van der Waals surface area contributed by atoms with Crippen molar-refractivity contribution in [3.05, 3.63) is 41.9 Å². The van der Waals surface area contributed by atoms with Crippen LogP contribution in [0.3, 0.4) is 0 Å². The van der Waals surface area contributed by atoms with Crippen LogP contribution in [0.15, 0.2) is 34.7 Å². The summed E-state index contributed by atoms with van der Waals surface area (Å²) in [7, 11) is 0. The van der Waals surface area contributed by atoms with Crippen LogP contribution in [0.5, 0.6) is 0 Å². The average Bonchev–Trinajstić information content (AvgIpc) is 2.84. The summed E-state index contributed by atoms with van der Waals surface area (Å²) in [5, 5.41) is 2.81. The molecule has 0 aliphatic rings. The van der Waals surface area contributed by atoms with Crippen LogP contribution in [0.2, 0.25) is 0 Å². The minimum absolute atomic E-state index is 0. The van der Waals surface area contributed by atoms with Crippen molar-refractivity contribution in [2.75, 3.05) is 6.54 Å². The van der Waals surface area contributed by atoms with Gasteiger partial charge in [0.1, 0.15) is 0 Å². The molecule has 2 rings (SSSR count). The van der Waals surface area contributed by atoms with E-state index in [-0.39, 0.29) is 30.7 Å². The SMILES string of the molecule is Cc1nc(CCC(=O)NCC(C)(C)N)oc1-c1ccccc1.Cl.Cl.